The molecule has 3 amide bonds. The lowest BCUT2D eigenvalue weighted by Gasteiger charge is -2.47. The van der Waals surface area contributed by atoms with Gasteiger partial charge in [-0.2, -0.15) is 4.98 Å². The van der Waals surface area contributed by atoms with E-state index in [1.165, 1.54) is 24.1 Å². The third-order valence-corrected chi connectivity index (χ3v) is 10.3. The minimum atomic E-state index is -1.12. The molecule has 2 bridgehead atoms. The van der Waals surface area contributed by atoms with Gasteiger partial charge < -0.3 is 39.4 Å². The lowest BCUT2D eigenvalue weighted by molar-refractivity contribution is -0.132. The van der Waals surface area contributed by atoms with Crippen molar-refractivity contribution in [3.05, 3.63) is 58.9 Å². The van der Waals surface area contributed by atoms with Gasteiger partial charge in [0, 0.05) is 52.3 Å². The van der Waals surface area contributed by atoms with E-state index in [-0.39, 0.29) is 37.3 Å². The molecule has 0 spiro atoms. The van der Waals surface area contributed by atoms with Gasteiger partial charge in [0.1, 0.15) is 29.5 Å². The Morgan fingerprint density at radius 2 is 1.81 bits per heavy atom. The number of aliphatic hydroxyl groups is 1. The first-order chi connectivity index (χ1) is 24.8. The molecule has 5 aliphatic rings. The number of aliphatic hydroxyl groups excluding tert-OH is 1. The number of hydrogen-bond donors (Lipinski definition) is 3. The number of nitrogens with one attached hydrogen (secondary N) is 2. The van der Waals surface area contributed by atoms with Crippen LogP contribution in [0.2, 0.25) is 0 Å². The second-order valence-corrected chi connectivity index (χ2v) is 15.5. The van der Waals surface area contributed by atoms with E-state index >= 15 is 0 Å². The number of fused-ring (bicyclic) bond motifs is 3. The van der Waals surface area contributed by atoms with Crippen molar-refractivity contribution >= 4 is 29.7 Å². The molecule has 52 heavy (non-hydrogen) atoms. The maximum Gasteiger partial charge on any atom is 0.410 e. The zero-order valence-electron chi connectivity index (χ0n) is 30.4. The summed E-state index contributed by atoms with van der Waals surface area (Å²) >= 11 is 0. The smallest absolute Gasteiger partial charge is 0.410 e. The van der Waals surface area contributed by atoms with E-state index in [0.717, 1.165) is 29.9 Å². The van der Waals surface area contributed by atoms with Crippen molar-refractivity contribution in [1.29, 1.82) is 0 Å². The monoisotopic (exact) mass is 716 g/mol. The number of carbonyl (C=O) groups excluding carboxylic acids is 3. The number of benzene rings is 1. The number of oxazole rings is 1. The molecule has 15 nitrogen and oxygen atoms in total. The molecule has 0 unspecified atom stereocenters. The van der Waals surface area contributed by atoms with E-state index in [9.17, 15) is 19.5 Å². The molecule has 6 heterocycles. The number of nitrogens with zero attached hydrogens (tertiary/aromatic N) is 6. The first-order valence-electron chi connectivity index (χ1n) is 18.0. The van der Waals surface area contributed by atoms with Crippen molar-refractivity contribution in [1.82, 2.24) is 30.1 Å². The fraction of sp³-hybridized carbons (Fsp3) is 0.568. The van der Waals surface area contributed by atoms with Crippen molar-refractivity contribution in [3.63, 3.8) is 0 Å². The van der Waals surface area contributed by atoms with Crippen molar-refractivity contribution in [2.75, 3.05) is 42.9 Å². The van der Waals surface area contributed by atoms with Gasteiger partial charge in [0.25, 0.3) is 5.91 Å². The largest absolute Gasteiger partial charge is 0.486 e. The number of anilines is 2. The van der Waals surface area contributed by atoms with Gasteiger partial charge in [0.15, 0.2) is 12.2 Å². The standard InChI is InChI=1S/C37H48N8O7/c1-21-32(51-20-39-21)19-50-28-7-6-25-11-30(45(16-26(25)10-28)36(49)52-37(3,4)5)31(47)13-38-34(48)29-12-33(40-27-17-43(18-27)22(2)46)42-35(41-29)44-14-23-8-24(9-23)15-44/h6-7,10,12,20,23-24,27,30-31,47H,8-9,11,13-19H2,1-5H3,(H,38,48)(H,40,41,42)/t23?,24?,30-,31+/m0/s1. The summed E-state index contributed by atoms with van der Waals surface area (Å²) in [6, 6.07) is 6.62. The Kier molecular flexibility index (Phi) is 9.72. The molecule has 1 aliphatic carbocycles. The van der Waals surface area contributed by atoms with Crippen molar-refractivity contribution in [3.8, 4) is 5.75 Å². The number of rotatable bonds is 10. The number of aryl methyl sites for hydroxylation is 1. The Morgan fingerprint density at radius 3 is 2.48 bits per heavy atom. The molecule has 3 N–H and O–H groups in total. The van der Waals surface area contributed by atoms with E-state index in [1.807, 2.05) is 25.1 Å². The van der Waals surface area contributed by atoms with Crippen molar-refractivity contribution < 1.29 is 33.4 Å². The highest BCUT2D eigenvalue weighted by molar-refractivity contribution is 5.93. The topological polar surface area (TPSA) is 175 Å². The molecule has 278 valence electrons. The van der Waals surface area contributed by atoms with Crippen LogP contribution in [0.25, 0.3) is 0 Å². The Balaban J connectivity index is 1.05. The number of ether oxygens (including phenoxy) is 2. The summed E-state index contributed by atoms with van der Waals surface area (Å²) in [5.41, 5.74) is 1.99. The Morgan fingerprint density at radius 1 is 1.06 bits per heavy atom. The molecular weight excluding hydrogens is 668 g/mol. The average Bonchev–Trinajstić information content (AvgIpc) is 3.49. The molecule has 1 aromatic carbocycles. The molecule has 1 saturated carbocycles. The number of likely N-dealkylation sites (tertiary alicyclic amines) is 1. The molecule has 0 radical (unpaired) electrons. The van der Waals surface area contributed by atoms with Gasteiger partial charge in [-0.05, 0) is 82.1 Å². The number of carbonyl (C=O) groups is 3. The first-order valence-corrected chi connectivity index (χ1v) is 18.0. The second-order valence-electron chi connectivity index (χ2n) is 15.5. The summed E-state index contributed by atoms with van der Waals surface area (Å²) in [5.74, 6) is 3.03. The van der Waals surface area contributed by atoms with Gasteiger partial charge in [-0.25, -0.2) is 14.8 Å². The van der Waals surface area contributed by atoms with E-state index < -0.39 is 29.7 Å². The van der Waals surface area contributed by atoms with Gasteiger partial charge in [0.05, 0.1) is 23.9 Å². The minimum absolute atomic E-state index is 0.0205. The molecule has 3 aromatic rings. The lowest BCUT2D eigenvalue weighted by atomic mass is 9.71. The zero-order valence-corrected chi connectivity index (χ0v) is 30.4. The van der Waals surface area contributed by atoms with Gasteiger partial charge in [-0.15, -0.1) is 0 Å². The molecule has 2 aromatic heterocycles. The molecule has 15 heteroatoms. The van der Waals surface area contributed by atoms with Crippen LogP contribution in [0.15, 0.2) is 35.1 Å². The summed E-state index contributed by atoms with van der Waals surface area (Å²) in [4.78, 5) is 57.9. The number of hydrogen-bond acceptors (Lipinski definition) is 12. The third kappa shape index (κ3) is 7.93. The minimum Gasteiger partial charge on any atom is -0.486 e. The number of piperidine rings is 2. The van der Waals surface area contributed by atoms with E-state index in [4.69, 9.17) is 18.9 Å². The van der Waals surface area contributed by atoms with Crippen LogP contribution in [-0.4, -0.2) is 104 Å². The molecule has 2 atom stereocenters. The van der Waals surface area contributed by atoms with E-state index in [0.29, 0.717) is 54.6 Å². The van der Waals surface area contributed by atoms with Crippen LogP contribution in [0.5, 0.6) is 5.75 Å². The normalized spacial score (nSPS) is 21.7. The molecule has 3 saturated heterocycles. The van der Waals surface area contributed by atoms with Gasteiger partial charge >= 0.3 is 6.09 Å². The van der Waals surface area contributed by atoms with Gasteiger partial charge in [-0.3, -0.25) is 14.5 Å². The second kappa shape index (κ2) is 14.2. The van der Waals surface area contributed by atoms with E-state index in [2.05, 4.69) is 25.5 Å². The summed E-state index contributed by atoms with van der Waals surface area (Å²) < 4.78 is 17.1. The van der Waals surface area contributed by atoms with Crippen LogP contribution in [0.3, 0.4) is 0 Å². The predicted octanol–water partition coefficient (Wildman–Crippen LogP) is 3.29. The Labute approximate surface area is 303 Å². The highest BCUT2D eigenvalue weighted by atomic mass is 16.6. The zero-order chi connectivity index (χ0) is 36.7. The van der Waals surface area contributed by atoms with Crippen molar-refractivity contribution in [2.45, 2.75) is 90.8 Å². The fourth-order valence-corrected chi connectivity index (χ4v) is 7.41. The summed E-state index contributed by atoms with van der Waals surface area (Å²) in [7, 11) is 0. The SMILES string of the molecule is CC(=O)N1CC(Nc2cc(C(=O)NC[C@@H](O)[C@@H]3Cc4ccc(OCc5ocnc5C)cc4CN3C(=O)OC(C)(C)C)nc(N3CC4CC(C4)C3)n2)C1. The molecule has 4 aliphatic heterocycles. The highest BCUT2D eigenvalue weighted by Gasteiger charge is 2.39. The van der Waals surface area contributed by atoms with Crippen LogP contribution < -0.4 is 20.3 Å². The summed E-state index contributed by atoms with van der Waals surface area (Å²) in [6.07, 6.45) is 2.47. The lowest BCUT2D eigenvalue weighted by Crippen LogP contribution is -2.56. The Hall–Kier alpha value is -4.92. The predicted molar refractivity (Wildman–Crippen MR) is 190 cm³/mol. The van der Waals surface area contributed by atoms with Crippen LogP contribution in [0.4, 0.5) is 16.6 Å². The van der Waals surface area contributed by atoms with Crippen molar-refractivity contribution in [2.24, 2.45) is 11.8 Å². The average molecular weight is 717 g/mol. The van der Waals surface area contributed by atoms with Crippen LogP contribution >= 0.6 is 0 Å². The number of amides is 3. The first kappa shape index (κ1) is 35.5. The molecule has 4 fully saturated rings. The van der Waals surface area contributed by atoms with Crippen LogP contribution in [0.1, 0.15) is 73.6 Å². The van der Waals surface area contributed by atoms with Gasteiger partial charge in [-0.1, -0.05) is 6.07 Å². The number of aromatic nitrogens is 3. The summed E-state index contributed by atoms with van der Waals surface area (Å²) in [5, 5.41) is 17.8. The quantitative estimate of drug-likeness (QED) is 0.280. The summed E-state index contributed by atoms with van der Waals surface area (Å²) in [6.45, 7) is 11.9. The maximum atomic E-state index is 13.7. The van der Waals surface area contributed by atoms with Gasteiger partial charge in [0.2, 0.25) is 11.9 Å². The van der Waals surface area contributed by atoms with E-state index in [1.54, 1.807) is 38.7 Å². The Bertz CT molecular complexity index is 1800. The third-order valence-electron chi connectivity index (χ3n) is 10.3. The molecular formula is C37H48N8O7. The highest BCUT2D eigenvalue weighted by Crippen LogP contribution is 2.40. The molecule has 8 rings (SSSR count). The fourth-order valence-electron chi connectivity index (χ4n) is 7.41. The van der Waals surface area contributed by atoms with Crippen LogP contribution in [0, 0.1) is 18.8 Å². The maximum absolute atomic E-state index is 13.7. The van der Waals surface area contributed by atoms with Crippen LogP contribution in [-0.2, 0) is 29.1 Å².